The van der Waals surface area contributed by atoms with E-state index in [2.05, 4.69) is 36.6 Å². The first kappa shape index (κ1) is 22.6. The molecule has 0 aliphatic carbocycles. The van der Waals surface area contributed by atoms with Crippen molar-refractivity contribution in [3.63, 3.8) is 0 Å². The summed E-state index contributed by atoms with van der Waals surface area (Å²) >= 11 is 3.48. The van der Waals surface area contributed by atoms with Gasteiger partial charge in [-0.15, -0.1) is 0 Å². The van der Waals surface area contributed by atoms with E-state index < -0.39 is 0 Å². The van der Waals surface area contributed by atoms with Crippen LogP contribution >= 0.6 is 15.9 Å². The summed E-state index contributed by atoms with van der Waals surface area (Å²) in [4.78, 5) is 21.7. The summed E-state index contributed by atoms with van der Waals surface area (Å²) in [5.41, 5.74) is 2.32. The molecule has 0 atom stereocenters. The Morgan fingerprint density at radius 3 is 2.70 bits per heavy atom. The summed E-state index contributed by atoms with van der Waals surface area (Å²) in [5.74, 6) is 6.24. The molecule has 4 aromatic rings. The van der Waals surface area contributed by atoms with Gasteiger partial charge in [0.1, 0.15) is 11.6 Å². The number of para-hydroxylation sites is 2. The number of anilines is 1. The van der Waals surface area contributed by atoms with Crippen LogP contribution in [0.4, 0.5) is 5.82 Å². The summed E-state index contributed by atoms with van der Waals surface area (Å²) in [5, 5.41) is 20.9. The second-order valence-electron chi connectivity index (χ2n) is 7.28. The lowest BCUT2D eigenvalue weighted by molar-refractivity contribution is 0.0949. The highest BCUT2D eigenvalue weighted by Gasteiger charge is 2.14. The Kier molecular flexibility index (Phi) is 7.06. The van der Waals surface area contributed by atoms with E-state index in [9.17, 15) is 9.90 Å². The van der Waals surface area contributed by atoms with Crippen molar-refractivity contribution in [2.75, 3.05) is 18.4 Å². The predicted octanol–water partition coefficient (Wildman–Crippen LogP) is 3.74. The second kappa shape index (κ2) is 10.3. The van der Waals surface area contributed by atoms with Crippen LogP contribution in [-0.4, -0.2) is 38.7 Å². The summed E-state index contributed by atoms with van der Waals surface area (Å²) in [7, 11) is 0. The van der Waals surface area contributed by atoms with E-state index >= 15 is 0 Å². The quantitative estimate of drug-likeness (QED) is 0.199. The van der Waals surface area contributed by atoms with Gasteiger partial charge in [0.25, 0.3) is 5.91 Å². The number of fused-ring (bicyclic) bond motifs is 1. The lowest BCUT2D eigenvalue weighted by atomic mass is 10.1. The molecule has 2 aromatic carbocycles. The molecule has 5 N–H and O–H groups in total. The maximum atomic E-state index is 12.3. The van der Waals surface area contributed by atoms with Crippen LogP contribution in [0, 0.1) is 0 Å². The molecule has 0 unspecified atom stereocenters. The Balaban J connectivity index is 1.37. The van der Waals surface area contributed by atoms with Crippen molar-refractivity contribution < 1.29 is 14.7 Å². The number of phenolic OH excluding ortho intramolecular Hbond substituents is 1. The van der Waals surface area contributed by atoms with Gasteiger partial charge in [0, 0.05) is 24.7 Å². The number of aromatic hydroxyl groups is 1. The highest BCUT2D eigenvalue weighted by atomic mass is 79.9. The zero-order valence-corrected chi connectivity index (χ0v) is 19.2. The van der Waals surface area contributed by atoms with E-state index in [1.54, 1.807) is 47.1 Å². The van der Waals surface area contributed by atoms with Crippen LogP contribution in [0.5, 0.6) is 11.5 Å². The van der Waals surface area contributed by atoms with Crippen molar-refractivity contribution in [2.24, 2.45) is 5.90 Å². The van der Waals surface area contributed by atoms with Gasteiger partial charge in [-0.1, -0.05) is 24.3 Å². The first-order chi connectivity index (χ1) is 16.1. The first-order valence-corrected chi connectivity index (χ1v) is 11.2. The average molecular weight is 511 g/mol. The number of hydrogen-bond acceptors (Lipinski definition) is 7. The lowest BCUT2D eigenvalue weighted by Gasteiger charge is -2.12. The largest absolute Gasteiger partial charge is 0.507 e. The van der Waals surface area contributed by atoms with Crippen LogP contribution in [0.1, 0.15) is 23.2 Å². The molecule has 1 amide bonds. The number of carbonyl (C=O) groups is 1. The number of hydrogen-bond donors (Lipinski definition) is 4. The molecule has 0 bridgehead atoms. The van der Waals surface area contributed by atoms with E-state index in [1.807, 2.05) is 18.2 Å². The van der Waals surface area contributed by atoms with E-state index in [0.717, 1.165) is 23.1 Å². The topological polar surface area (TPSA) is 127 Å². The number of unbranched alkanes of at least 4 members (excludes halogenated alkanes) is 1. The molecule has 2 aromatic heterocycles. The normalized spacial score (nSPS) is 10.8. The van der Waals surface area contributed by atoms with Gasteiger partial charge in [-0.05, 0) is 53.0 Å². The molecule has 0 saturated heterocycles. The van der Waals surface area contributed by atoms with Gasteiger partial charge in [0.2, 0.25) is 0 Å². The molecular formula is C23H23BrN6O3. The van der Waals surface area contributed by atoms with Crippen LogP contribution in [0.15, 0.2) is 65.3 Å². The summed E-state index contributed by atoms with van der Waals surface area (Å²) in [6.45, 7) is 1.18. The monoisotopic (exact) mass is 510 g/mol. The number of halogens is 1. The van der Waals surface area contributed by atoms with E-state index in [0.29, 0.717) is 41.3 Å². The molecule has 33 heavy (non-hydrogen) atoms. The molecular weight excluding hydrogens is 488 g/mol. The number of rotatable bonds is 9. The Bertz CT molecular complexity index is 1280. The molecule has 0 radical (unpaired) electrons. The van der Waals surface area contributed by atoms with Crippen LogP contribution in [0.25, 0.3) is 16.9 Å². The van der Waals surface area contributed by atoms with Crippen molar-refractivity contribution in [3.05, 3.63) is 70.8 Å². The highest BCUT2D eigenvalue weighted by molar-refractivity contribution is 9.10. The Morgan fingerprint density at radius 1 is 1.12 bits per heavy atom. The molecule has 10 heteroatoms. The van der Waals surface area contributed by atoms with Crippen molar-refractivity contribution in [2.45, 2.75) is 12.8 Å². The number of nitrogens with zero attached hydrogens (tertiary/aromatic N) is 3. The SMILES string of the molecule is NOc1ccccc1C(=O)NCCCCNc1cc(-c2ccccc2O)nc2c(Br)cnn12. The Labute approximate surface area is 198 Å². The van der Waals surface area contributed by atoms with Crippen molar-refractivity contribution in [3.8, 4) is 22.8 Å². The average Bonchev–Trinajstić information content (AvgIpc) is 3.22. The minimum absolute atomic E-state index is 0.160. The van der Waals surface area contributed by atoms with Gasteiger partial charge >= 0.3 is 0 Å². The molecule has 4 rings (SSSR count). The lowest BCUT2D eigenvalue weighted by Crippen LogP contribution is -2.25. The minimum Gasteiger partial charge on any atom is -0.507 e. The third-order valence-electron chi connectivity index (χ3n) is 5.06. The number of nitrogens with one attached hydrogen (secondary N) is 2. The number of phenols is 1. The Hall–Kier alpha value is -3.63. The smallest absolute Gasteiger partial charge is 0.255 e. The van der Waals surface area contributed by atoms with E-state index in [-0.39, 0.29) is 11.7 Å². The van der Waals surface area contributed by atoms with Gasteiger partial charge in [0.05, 0.1) is 21.9 Å². The fourth-order valence-electron chi connectivity index (χ4n) is 3.41. The van der Waals surface area contributed by atoms with Crippen molar-refractivity contribution >= 4 is 33.3 Å². The molecule has 9 nitrogen and oxygen atoms in total. The zero-order chi connectivity index (χ0) is 23.2. The van der Waals surface area contributed by atoms with Crippen LogP contribution in [0.3, 0.4) is 0 Å². The fraction of sp³-hybridized carbons (Fsp3) is 0.174. The van der Waals surface area contributed by atoms with Gasteiger partial charge < -0.3 is 20.6 Å². The molecule has 0 fully saturated rings. The number of aromatic nitrogens is 3. The summed E-state index contributed by atoms with van der Waals surface area (Å²) in [6, 6.07) is 15.7. The third kappa shape index (κ3) is 5.07. The predicted molar refractivity (Wildman–Crippen MR) is 129 cm³/mol. The third-order valence-corrected chi connectivity index (χ3v) is 5.62. The molecule has 0 saturated carbocycles. The molecule has 0 aliphatic rings. The van der Waals surface area contributed by atoms with E-state index in [4.69, 9.17) is 10.7 Å². The number of benzene rings is 2. The Morgan fingerprint density at radius 2 is 1.88 bits per heavy atom. The van der Waals surface area contributed by atoms with E-state index in [1.165, 1.54) is 0 Å². The number of carbonyl (C=O) groups excluding carboxylic acids is 1. The standard InChI is InChI=1S/C23H23BrN6O3/c24-17-14-28-30-21(13-18(29-22(17)30)15-7-1-3-9-19(15)31)26-11-5-6-12-27-23(32)16-8-2-4-10-20(16)33-25/h1-4,7-10,13-14,26,31H,5-6,11-12,25H2,(H,27,32). The first-order valence-electron chi connectivity index (χ1n) is 10.4. The zero-order valence-electron chi connectivity index (χ0n) is 17.7. The van der Waals surface area contributed by atoms with Crippen LogP contribution in [0.2, 0.25) is 0 Å². The fourth-order valence-corrected chi connectivity index (χ4v) is 3.76. The summed E-state index contributed by atoms with van der Waals surface area (Å²) < 4.78 is 2.46. The maximum Gasteiger partial charge on any atom is 0.255 e. The van der Waals surface area contributed by atoms with Crippen molar-refractivity contribution in [1.29, 1.82) is 0 Å². The van der Waals surface area contributed by atoms with Crippen molar-refractivity contribution in [1.82, 2.24) is 19.9 Å². The van der Waals surface area contributed by atoms with Gasteiger partial charge in [-0.3, -0.25) is 4.79 Å². The summed E-state index contributed by atoms with van der Waals surface area (Å²) in [6.07, 6.45) is 3.27. The molecule has 0 spiro atoms. The van der Waals surface area contributed by atoms with Gasteiger partial charge in [-0.25, -0.2) is 4.98 Å². The maximum absolute atomic E-state index is 12.3. The van der Waals surface area contributed by atoms with Gasteiger partial charge in [-0.2, -0.15) is 15.5 Å². The van der Waals surface area contributed by atoms with Gasteiger partial charge in [0.15, 0.2) is 11.4 Å². The second-order valence-corrected chi connectivity index (χ2v) is 8.13. The molecule has 0 aliphatic heterocycles. The number of nitrogens with two attached hydrogens (primary N) is 1. The molecule has 2 heterocycles. The highest BCUT2D eigenvalue weighted by Crippen LogP contribution is 2.31. The minimum atomic E-state index is -0.228. The van der Waals surface area contributed by atoms with Crippen LogP contribution < -0.4 is 21.4 Å². The number of amides is 1. The molecule has 170 valence electrons. The van der Waals surface area contributed by atoms with Crippen LogP contribution in [-0.2, 0) is 0 Å².